The molecule has 7 heteroatoms. The first-order valence-corrected chi connectivity index (χ1v) is 11.4. The summed E-state index contributed by atoms with van der Waals surface area (Å²) in [6.45, 7) is 6.23. The molecule has 0 heterocycles. The molecule has 0 aliphatic rings. The van der Waals surface area contributed by atoms with Crippen molar-refractivity contribution in [1.82, 2.24) is 10.6 Å². The van der Waals surface area contributed by atoms with Gasteiger partial charge in [-0.05, 0) is 75.0 Å². The average molecular weight is 476 g/mol. The number of ether oxygens (including phenoxy) is 1. The van der Waals surface area contributed by atoms with E-state index in [9.17, 15) is 9.59 Å². The van der Waals surface area contributed by atoms with Gasteiger partial charge in [0.15, 0.2) is 5.11 Å². The van der Waals surface area contributed by atoms with Gasteiger partial charge in [-0.1, -0.05) is 42.5 Å². The second kappa shape index (κ2) is 11.4. The topological polar surface area (TPSA) is 79.5 Å². The first kappa shape index (κ1) is 24.9. The third-order valence-electron chi connectivity index (χ3n) is 4.74. The van der Waals surface area contributed by atoms with E-state index >= 15 is 0 Å². The Hall–Kier alpha value is -3.71. The van der Waals surface area contributed by atoms with Crippen molar-refractivity contribution >= 4 is 34.8 Å². The predicted octanol–water partition coefficient (Wildman–Crippen LogP) is 4.96. The maximum Gasteiger partial charge on any atom is 0.261 e. The van der Waals surface area contributed by atoms with E-state index in [-0.39, 0.29) is 22.5 Å². The van der Waals surface area contributed by atoms with Crippen LogP contribution in [0, 0.1) is 0 Å². The van der Waals surface area contributed by atoms with E-state index in [1.165, 1.54) is 0 Å². The summed E-state index contributed by atoms with van der Waals surface area (Å²) < 4.78 is 5.87. The number of hydrogen-bond acceptors (Lipinski definition) is 4. The number of nitrogens with one attached hydrogen (secondary N) is 3. The standard InChI is InChI=1S/C27H29N3O3S/c1-27(2,3)30-24(31)20-13-15-21(16-14-20)28-26(34)29-25(32)22-11-7-8-12-23(22)33-18-17-19-9-5-4-6-10-19/h4-16H,17-18H2,1-3H3,(H,30,31)(H2,28,29,32,34). The minimum absolute atomic E-state index is 0.149. The second-order valence-corrected chi connectivity index (χ2v) is 9.18. The lowest BCUT2D eigenvalue weighted by molar-refractivity contribution is 0.0918. The number of benzene rings is 3. The van der Waals surface area contributed by atoms with E-state index in [0.29, 0.717) is 29.2 Å². The van der Waals surface area contributed by atoms with Crippen LogP contribution in [0.4, 0.5) is 5.69 Å². The van der Waals surface area contributed by atoms with Crippen LogP contribution < -0.4 is 20.7 Å². The zero-order valence-corrected chi connectivity index (χ0v) is 20.4. The number of hydrogen-bond donors (Lipinski definition) is 3. The summed E-state index contributed by atoms with van der Waals surface area (Å²) in [6, 6.07) is 23.9. The van der Waals surface area contributed by atoms with Crippen molar-refractivity contribution in [3.05, 3.63) is 95.6 Å². The van der Waals surface area contributed by atoms with Crippen LogP contribution >= 0.6 is 12.2 Å². The zero-order chi connectivity index (χ0) is 24.6. The van der Waals surface area contributed by atoms with Crippen LogP contribution in [0.15, 0.2) is 78.9 Å². The van der Waals surface area contributed by atoms with Crippen LogP contribution in [-0.2, 0) is 6.42 Å². The van der Waals surface area contributed by atoms with Crippen molar-refractivity contribution in [3.8, 4) is 5.75 Å². The van der Waals surface area contributed by atoms with Crippen molar-refractivity contribution in [2.45, 2.75) is 32.7 Å². The van der Waals surface area contributed by atoms with Crippen molar-refractivity contribution < 1.29 is 14.3 Å². The Labute approximate surface area is 205 Å². The lowest BCUT2D eigenvalue weighted by Crippen LogP contribution is -2.40. The van der Waals surface area contributed by atoms with Gasteiger partial charge in [-0.25, -0.2) is 0 Å². The molecule has 0 bridgehead atoms. The molecule has 0 aliphatic carbocycles. The van der Waals surface area contributed by atoms with Gasteiger partial charge in [-0.15, -0.1) is 0 Å². The molecule has 0 aromatic heterocycles. The molecule has 34 heavy (non-hydrogen) atoms. The minimum atomic E-state index is -0.367. The van der Waals surface area contributed by atoms with Gasteiger partial charge in [-0.3, -0.25) is 14.9 Å². The fourth-order valence-electron chi connectivity index (χ4n) is 3.15. The molecule has 3 aromatic carbocycles. The summed E-state index contributed by atoms with van der Waals surface area (Å²) in [7, 11) is 0. The Morgan fingerprint density at radius 2 is 1.50 bits per heavy atom. The Bertz CT molecular complexity index is 1140. The minimum Gasteiger partial charge on any atom is -0.492 e. The van der Waals surface area contributed by atoms with Crippen LogP contribution in [0.3, 0.4) is 0 Å². The SMILES string of the molecule is CC(C)(C)NC(=O)c1ccc(NC(=S)NC(=O)c2ccccc2OCCc2ccccc2)cc1. The second-order valence-electron chi connectivity index (χ2n) is 8.77. The third kappa shape index (κ3) is 7.71. The molecule has 0 fully saturated rings. The first-order valence-electron chi connectivity index (χ1n) is 11.0. The third-order valence-corrected chi connectivity index (χ3v) is 4.95. The Kier molecular flexibility index (Phi) is 8.38. The molecule has 3 aromatic rings. The average Bonchev–Trinajstić information content (AvgIpc) is 2.79. The van der Waals surface area contributed by atoms with E-state index in [4.69, 9.17) is 17.0 Å². The zero-order valence-electron chi connectivity index (χ0n) is 19.6. The quantitative estimate of drug-likeness (QED) is 0.421. The molecule has 2 amide bonds. The summed E-state index contributed by atoms with van der Waals surface area (Å²) in [6.07, 6.45) is 0.737. The molecule has 3 rings (SSSR count). The van der Waals surface area contributed by atoms with Crippen LogP contribution in [-0.4, -0.2) is 29.1 Å². The number of thiocarbonyl (C=S) groups is 1. The number of anilines is 1. The Balaban J connectivity index is 1.55. The monoisotopic (exact) mass is 475 g/mol. The summed E-state index contributed by atoms with van der Waals surface area (Å²) >= 11 is 5.30. The summed E-state index contributed by atoms with van der Waals surface area (Å²) in [5.41, 5.74) is 2.44. The fourth-order valence-corrected chi connectivity index (χ4v) is 3.36. The van der Waals surface area contributed by atoms with Crippen LogP contribution in [0.1, 0.15) is 47.1 Å². The van der Waals surface area contributed by atoms with Crippen molar-refractivity contribution in [3.63, 3.8) is 0 Å². The first-order chi connectivity index (χ1) is 16.2. The lowest BCUT2D eigenvalue weighted by atomic mass is 10.1. The molecule has 0 radical (unpaired) electrons. The number of para-hydroxylation sites is 1. The Morgan fingerprint density at radius 1 is 0.853 bits per heavy atom. The molecule has 3 N–H and O–H groups in total. The van der Waals surface area contributed by atoms with E-state index in [1.807, 2.05) is 57.2 Å². The van der Waals surface area contributed by atoms with Crippen molar-refractivity contribution in [2.24, 2.45) is 0 Å². The molecular weight excluding hydrogens is 446 g/mol. The molecule has 0 unspecified atom stereocenters. The van der Waals surface area contributed by atoms with Crippen LogP contribution in [0.5, 0.6) is 5.75 Å². The van der Waals surface area contributed by atoms with Crippen molar-refractivity contribution in [2.75, 3.05) is 11.9 Å². The van der Waals surface area contributed by atoms with E-state index < -0.39 is 0 Å². The molecule has 0 aliphatic heterocycles. The van der Waals surface area contributed by atoms with Gasteiger partial charge in [0.25, 0.3) is 11.8 Å². The molecule has 0 atom stereocenters. The van der Waals surface area contributed by atoms with Crippen LogP contribution in [0.2, 0.25) is 0 Å². The highest BCUT2D eigenvalue weighted by molar-refractivity contribution is 7.80. The highest BCUT2D eigenvalue weighted by Gasteiger charge is 2.16. The highest BCUT2D eigenvalue weighted by atomic mass is 32.1. The van der Waals surface area contributed by atoms with Gasteiger partial charge in [-0.2, -0.15) is 0 Å². The molecule has 6 nitrogen and oxygen atoms in total. The number of rotatable bonds is 7. The highest BCUT2D eigenvalue weighted by Crippen LogP contribution is 2.18. The van der Waals surface area contributed by atoms with Crippen LogP contribution in [0.25, 0.3) is 0 Å². The number of carbonyl (C=O) groups excluding carboxylic acids is 2. The maximum atomic E-state index is 12.8. The van der Waals surface area contributed by atoms with Gasteiger partial charge in [0.1, 0.15) is 5.75 Å². The van der Waals surface area contributed by atoms with E-state index in [0.717, 1.165) is 12.0 Å². The van der Waals surface area contributed by atoms with E-state index in [1.54, 1.807) is 42.5 Å². The Morgan fingerprint density at radius 3 is 2.18 bits per heavy atom. The van der Waals surface area contributed by atoms with Gasteiger partial charge >= 0.3 is 0 Å². The van der Waals surface area contributed by atoms with Crippen molar-refractivity contribution in [1.29, 1.82) is 0 Å². The summed E-state index contributed by atoms with van der Waals surface area (Å²) in [5, 5.41) is 8.72. The fraction of sp³-hybridized carbons (Fsp3) is 0.222. The lowest BCUT2D eigenvalue weighted by Gasteiger charge is -2.20. The molecule has 0 saturated heterocycles. The molecule has 0 saturated carbocycles. The normalized spacial score (nSPS) is 10.8. The van der Waals surface area contributed by atoms with E-state index in [2.05, 4.69) is 16.0 Å². The summed E-state index contributed by atoms with van der Waals surface area (Å²) in [5.74, 6) is -0.0271. The van der Waals surface area contributed by atoms with Gasteiger partial charge < -0.3 is 15.4 Å². The summed E-state index contributed by atoms with van der Waals surface area (Å²) in [4.78, 5) is 25.1. The number of amides is 2. The predicted molar refractivity (Wildman–Crippen MR) is 139 cm³/mol. The molecule has 0 spiro atoms. The maximum absolute atomic E-state index is 12.8. The van der Waals surface area contributed by atoms with Gasteiger partial charge in [0.05, 0.1) is 12.2 Å². The molecular formula is C27H29N3O3S. The molecule has 176 valence electrons. The van der Waals surface area contributed by atoms with Gasteiger partial charge in [0, 0.05) is 23.2 Å². The van der Waals surface area contributed by atoms with Gasteiger partial charge in [0.2, 0.25) is 0 Å². The smallest absolute Gasteiger partial charge is 0.261 e. The largest absolute Gasteiger partial charge is 0.492 e. The number of carbonyl (C=O) groups is 2.